The van der Waals surface area contributed by atoms with E-state index in [-0.39, 0.29) is 11.1 Å². The molecule has 21 heavy (non-hydrogen) atoms. The van der Waals surface area contributed by atoms with Crippen molar-refractivity contribution in [2.24, 2.45) is 0 Å². The molecule has 0 aliphatic carbocycles. The van der Waals surface area contributed by atoms with Crippen LogP contribution in [0.2, 0.25) is 0 Å². The van der Waals surface area contributed by atoms with Crippen LogP contribution in [0, 0.1) is 0 Å². The summed E-state index contributed by atoms with van der Waals surface area (Å²) in [5.41, 5.74) is 0.0391. The Morgan fingerprint density at radius 2 is 1.62 bits per heavy atom. The van der Waals surface area contributed by atoms with E-state index in [1.165, 1.54) is 18.2 Å². The highest BCUT2D eigenvalue weighted by Crippen LogP contribution is 2.37. The van der Waals surface area contributed by atoms with Crippen molar-refractivity contribution in [2.75, 3.05) is 0 Å². The summed E-state index contributed by atoms with van der Waals surface area (Å²) >= 11 is 0. The van der Waals surface area contributed by atoms with Crippen molar-refractivity contribution in [3.8, 4) is 11.1 Å². The summed E-state index contributed by atoms with van der Waals surface area (Å²) in [4.78, 5) is 13.9. The van der Waals surface area contributed by atoms with Crippen molar-refractivity contribution in [3.63, 3.8) is 0 Å². The molecule has 0 fully saturated rings. The summed E-state index contributed by atoms with van der Waals surface area (Å²) in [6, 6.07) is 13.3. The summed E-state index contributed by atoms with van der Waals surface area (Å²) in [5.74, 6) is 0. The molecule has 1 heterocycles. The molecule has 0 amide bonds. The number of nitrogens with one attached hydrogen (secondary N) is 1. The lowest BCUT2D eigenvalue weighted by Gasteiger charge is -2.13. The molecule has 0 saturated carbocycles. The zero-order chi connectivity index (χ0) is 15.0. The van der Waals surface area contributed by atoms with Gasteiger partial charge in [0, 0.05) is 11.6 Å². The highest BCUT2D eigenvalue weighted by atomic mass is 19.4. The van der Waals surface area contributed by atoms with Crippen LogP contribution >= 0.6 is 0 Å². The van der Waals surface area contributed by atoms with Crippen LogP contribution in [-0.2, 0) is 6.18 Å². The Labute approximate surface area is 117 Å². The number of pyridine rings is 1. The maximum Gasteiger partial charge on any atom is 0.417 e. The minimum Gasteiger partial charge on any atom is -0.322 e. The zero-order valence-corrected chi connectivity index (χ0v) is 10.7. The molecule has 2 nitrogen and oxygen atoms in total. The van der Waals surface area contributed by atoms with E-state index in [4.69, 9.17) is 0 Å². The van der Waals surface area contributed by atoms with Crippen LogP contribution in [0.1, 0.15) is 5.56 Å². The van der Waals surface area contributed by atoms with E-state index in [0.29, 0.717) is 11.1 Å². The minimum atomic E-state index is -4.42. The van der Waals surface area contributed by atoms with Crippen molar-refractivity contribution >= 4 is 10.9 Å². The van der Waals surface area contributed by atoms with Crippen molar-refractivity contribution in [1.82, 2.24) is 4.98 Å². The number of halogens is 3. The lowest BCUT2D eigenvalue weighted by atomic mass is 9.98. The maximum atomic E-state index is 13.1. The fourth-order valence-electron chi connectivity index (χ4n) is 2.30. The van der Waals surface area contributed by atoms with Gasteiger partial charge in [-0.25, -0.2) is 0 Å². The van der Waals surface area contributed by atoms with Gasteiger partial charge in [-0.2, -0.15) is 13.2 Å². The average Bonchev–Trinajstić information content (AvgIpc) is 2.45. The number of benzene rings is 2. The first kappa shape index (κ1) is 13.4. The van der Waals surface area contributed by atoms with E-state index in [2.05, 4.69) is 4.98 Å². The lowest BCUT2D eigenvalue weighted by Crippen LogP contribution is -2.07. The van der Waals surface area contributed by atoms with Gasteiger partial charge in [-0.15, -0.1) is 0 Å². The Morgan fingerprint density at radius 3 is 2.38 bits per heavy atom. The predicted octanol–water partition coefficient (Wildman–Crippen LogP) is 4.21. The molecule has 1 aromatic heterocycles. The van der Waals surface area contributed by atoms with Gasteiger partial charge in [0.1, 0.15) is 0 Å². The number of aromatic amines is 1. The molecule has 0 spiro atoms. The van der Waals surface area contributed by atoms with E-state index in [0.717, 1.165) is 11.5 Å². The van der Waals surface area contributed by atoms with Gasteiger partial charge in [0.25, 0.3) is 0 Å². The van der Waals surface area contributed by atoms with E-state index < -0.39 is 11.7 Å². The number of hydrogen-bond acceptors (Lipinski definition) is 1. The molecule has 0 saturated heterocycles. The van der Waals surface area contributed by atoms with Crippen molar-refractivity contribution in [2.45, 2.75) is 6.18 Å². The number of H-pyrrole nitrogens is 1. The first-order chi connectivity index (χ1) is 9.95. The number of fused-ring (bicyclic) bond motifs is 1. The van der Waals surface area contributed by atoms with E-state index in [9.17, 15) is 18.0 Å². The number of alkyl halides is 3. The summed E-state index contributed by atoms with van der Waals surface area (Å²) in [6.07, 6.45) is -4.42. The van der Waals surface area contributed by atoms with Gasteiger partial charge in [0.2, 0.25) is 5.56 Å². The van der Waals surface area contributed by atoms with Gasteiger partial charge >= 0.3 is 6.18 Å². The van der Waals surface area contributed by atoms with Crippen LogP contribution in [0.25, 0.3) is 22.0 Å². The molecule has 106 valence electrons. The quantitative estimate of drug-likeness (QED) is 0.715. The van der Waals surface area contributed by atoms with Gasteiger partial charge in [-0.05, 0) is 34.7 Å². The second-order valence-corrected chi connectivity index (χ2v) is 4.67. The second kappa shape index (κ2) is 4.77. The van der Waals surface area contributed by atoms with Gasteiger partial charge in [0.15, 0.2) is 0 Å². The molecule has 0 bridgehead atoms. The Hall–Kier alpha value is -2.56. The number of rotatable bonds is 1. The largest absolute Gasteiger partial charge is 0.417 e. The smallest absolute Gasteiger partial charge is 0.322 e. The first-order valence-electron chi connectivity index (χ1n) is 6.25. The fraction of sp³-hybridized carbons (Fsp3) is 0.0625. The van der Waals surface area contributed by atoms with Gasteiger partial charge in [-0.1, -0.05) is 30.3 Å². The SMILES string of the molecule is O=c1ccc2ccc(-c3ccccc3C(F)(F)F)cc2[nH]1. The normalized spacial score (nSPS) is 11.8. The Bertz CT molecular complexity index is 865. The Kier molecular flexibility index (Phi) is 3.05. The maximum absolute atomic E-state index is 13.1. The molecule has 0 aliphatic heterocycles. The molecule has 2 aromatic carbocycles. The van der Waals surface area contributed by atoms with Crippen LogP contribution in [-0.4, -0.2) is 4.98 Å². The Morgan fingerprint density at radius 1 is 0.905 bits per heavy atom. The molecular formula is C16H10F3NO. The average molecular weight is 289 g/mol. The predicted molar refractivity (Wildman–Crippen MR) is 75.0 cm³/mol. The second-order valence-electron chi connectivity index (χ2n) is 4.67. The monoisotopic (exact) mass is 289 g/mol. The van der Waals surface area contributed by atoms with Gasteiger partial charge < -0.3 is 4.98 Å². The van der Waals surface area contributed by atoms with Crippen LogP contribution in [0.3, 0.4) is 0 Å². The third-order valence-corrected chi connectivity index (χ3v) is 3.27. The standard InChI is InChI=1S/C16H10F3NO/c17-16(18,19)13-4-2-1-3-12(13)11-6-5-10-7-8-15(21)20-14(10)9-11/h1-9H,(H,20,21). The molecule has 0 atom stereocenters. The van der Waals surface area contributed by atoms with Crippen LogP contribution < -0.4 is 5.56 Å². The summed E-state index contributed by atoms with van der Waals surface area (Å²) in [7, 11) is 0. The highest BCUT2D eigenvalue weighted by molar-refractivity contribution is 5.84. The molecule has 1 N–H and O–H groups in total. The molecule has 0 unspecified atom stereocenters. The van der Waals surface area contributed by atoms with Crippen LogP contribution in [0.4, 0.5) is 13.2 Å². The topological polar surface area (TPSA) is 32.9 Å². The van der Waals surface area contributed by atoms with E-state index in [1.54, 1.807) is 30.3 Å². The molecule has 5 heteroatoms. The number of hydrogen-bond donors (Lipinski definition) is 1. The molecule has 3 aromatic rings. The van der Waals surface area contributed by atoms with Crippen molar-refractivity contribution < 1.29 is 13.2 Å². The third kappa shape index (κ3) is 2.54. The van der Waals surface area contributed by atoms with E-state index >= 15 is 0 Å². The molecule has 0 radical (unpaired) electrons. The van der Waals surface area contributed by atoms with Crippen molar-refractivity contribution in [3.05, 3.63) is 70.5 Å². The highest BCUT2D eigenvalue weighted by Gasteiger charge is 2.33. The lowest BCUT2D eigenvalue weighted by molar-refractivity contribution is -0.137. The van der Waals surface area contributed by atoms with E-state index in [1.807, 2.05) is 0 Å². The van der Waals surface area contributed by atoms with Gasteiger partial charge in [-0.3, -0.25) is 4.79 Å². The van der Waals surface area contributed by atoms with Crippen molar-refractivity contribution in [1.29, 1.82) is 0 Å². The number of aromatic nitrogens is 1. The summed E-state index contributed by atoms with van der Waals surface area (Å²) < 4.78 is 39.2. The zero-order valence-electron chi connectivity index (χ0n) is 10.7. The molecular weight excluding hydrogens is 279 g/mol. The van der Waals surface area contributed by atoms with Crippen LogP contribution in [0.15, 0.2) is 59.4 Å². The minimum absolute atomic E-state index is 0.0941. The summed E-state index contributed by atoms with van der Waals surface area (Å²) in [5, 5.41) is 0.767. The third-order valence-electron chi connectivity index (χ3n) is 3.27. The first-order valence-corrected chi connectivity index (χ1v) is 6.25. The van der Waals surface area contributed by atoms with Gasteiger partial charge in [0.05, 0.1) is 5.56 Å². The fourth-order valence-corrected chi connectivity index (χ4v) is 2.30. The molecule has 3 rings (SSSR count). The Balaban J connectivity index is 2.24. The summed E-state index contributed by atoms with van der Waals surface area (Å²) in [6.45, 7) is 0. The van der Waals surface area contributed by atoms with Crippen LogP contribution in [0.5, 0.6) is 0 Å². The molecule has 0 aliphatic rings.